The van der Waals surface area contributed by atoms with Crippen LogP contribution in [0.3, 0.4) is 0 Å². The number of quaternary nitrogens is 1. The highest BCUT2D eigenvalue weighted by Gasteiger charge is 2.44. The number of hydrogen-bond donors (Lipinski definition) is 1. The first kappa shape index (κ1) is 11.2. The molecule has 0 aromatic heterocycles. The number of hydrogen-bond acceptors (Lipinski definition) is 1. The molecular formula is C10H18BrNO. The zero-order valence-corrected chi connectivity index (χ0v) is 9.54. The van der Waals surface area contributed by atoms with E-state index in [1.54, 1.807) is 0 Å². The summed E-state index contributed by atoms with van der Waals surface area (Å²) in [6, 6.07) is 0. The highest BCUT2D eigenvalue weighted by Crippen LogP contribution is 2.33. The number of fused-ring (bicyclic) bond motifs is 3. The van der Waals surface area contributed by atoms with Gasteiger partial charge in [-0.15, -0.1) is 0 Å². The van der Waals surface area contributed by atoms with E-state index in [2.05, 4.69) is 6.58 Å². The van der Waals surface area contributed by atoms with Gasteiger partial charge in [-0.2, -0.15) is 0 Å². The Labute approximate surface area is 90.6 Å². The van der Waals surface area contributed by atoms with E-state index in [1.165, 1.54) is 25.9 Å². The van der Waals surface area contributed by atoms with Crippen LogP contribution in [0, 0.1) is 5.92 Å². The molecule has 2 nitrogen and oxygen atoms in total. The predicted molar refractivity (Wildman–Crippen MR) is 48.7 cm³/mol. The molecular weight excluding hydrogens is 230 g/mol. The van der Waals surface area contributed by atoms with Crippen molar-refractivity contribution in [3.8, 4) is 0 Å². The van der Waals surface area contributed by atoms with Crippen molar-refractivity contribution in [2.24, 2.45) is 5.92 Å². The van der Waals surface area contributed by atoms with Crippen LogP contribution in [0.2, 0.25) is 0 Å². The van der Waals surface area contributed by atoms with Crippen LogP contribution >= 0.6 is 0 Å². The summed E-state index contributed by atoms with van der Waals surface area (Å²) in [4.78, 5) is 0. The Morgan fingerprint density at radius 2 is 2.00 bits per heavy atom. The van der Waals surface area contributed by atoms with E-state index in [1.807, 2.05) is 6.08 Å². The molecule has 3 fully saturated rings. The molecule has 0 amide bonds. The number of halogens is 1. The lowest BCUT2D eigenvalue weighted by Crippen LogP contribution is -3.00. The largest absolute Gasteiger partial charge is 1.00 e. The standard InChI is InChI=1S/C10H18NO.BrH/c1-2-5-11-6-3-9(4-7-11)10(12)8-11;/h2,9-10,12H,1,3-8H2;1H/q+1;/p-1. The number of rotatable bonds is 2. The first-order chi connectivity index (χ1) is 5.76. The minimum absolute atomic E-state index is 0. The molecule has 3 heteroatoms. The van der Waals surface area contributed by atoms with Gasteiger partial charge in [0.25, 0.3) is 0 Å². The molecule has 1 unspecified atom stereocenters. The van der Waals surface area contributed by atoms with Gasteiger partial charge in [0.15, 0.2) is 0 Å². The fraction of sp³-hybridized carbons (Fsp3) is 0.800. The van der Waals surface area contributed by atoms with E-state index in [0.29, 0.717) is 5.92 Å². The van der Waals surface area contributed by atoms with Gasteiger partial charge in [0, 0.05) is 18.8 Å². The lowest BCUT2D eigenvalue weighted by Gasteiger charge is -2.50. The van der Waals surface area contributed by atoms with Crippen molar-refractivity contribution in [1.82, 2.24) is 0 Å². The normalized spacial score (nSPS) is 42.5. The molecule has 0 aromatic rings. The average molecular weight is 248 g/mol. The van der Waals surface area contributed by atoms with Crippen molar-refractivity contribution in [2.75, 3.05) is 26.2 Å². The Morgan fingerprint density at radius 3 is 2.46 bits per heavy atom. The summed E-state index contributed by atoms with van der Waals surface area (Å²) in [6.45, 7) is 8.32. The molecule has 3 heterocycles. The van der Waals surface area contributed by atoms with Gasteiger partial charge in [-0.1, -0.05) is 6.58 Å². The summed E-state index contributed by atoms with van der Waals surface area (Å²) in [5, 5.41) is 9.74. The zero-order chi connectivity index (χ0) is 8.60. The van der Waals surface area contributed by atoms with Gasteiger partial charge in [0.05, 0.1) is 19.6 Å². The SMILES string of the molecule is C=CC[N+]12CCC(CC1)C(O)C2.[Br-]. The van der Waals surface area contributed by atoms with Gasteiger partial charge in [-0.05, 0) is 6.08 Å². The van der Waals surface area contributed by atoms with Crippen LogP contribution in [0.25, 0.3) is 0 Å². The van der Waals surface area contributed by atoms with Crippen LogP contribution in [0.1, 0.15) is 12.8 Å². The third-order valence-electron chi connectivity index (χ3n) is 3.58. The zero-order valence-electron chi connectivity index (χ0n) is 7.95. The summed E-state index contributed by atoms with van der Waals surface area (Å²) in [5.74, 6) is 0.606. The van der Waals surface area contributed by atoms with Gasteiger partial charge in [0.1, 0.15) is 12.6 Å². The van der Waals surface area contributed by atoms with Crippen molar-refractivity contribution >= 4 is 0 Å². The number of piperidine rings is 3. The van der Waals surface area contributed by atoms with Gasteiger partial charge in [-0.3, -0.25) is 0 Å². The Balaban J connectivity index is 0.000000845. The molecule has 0 saturated carbocycles. The molecule has 3 aliphatic heterocycles. The molecule has 0 aromatic carbocycles. The first-order valence-electron chi connectivity index (χ1n) is 4.90. The molecule has 13 heavy (non-hydrogen) atoms. The summed E-state index contributed by atoms with van der Waals surface area (Å²) < 4.78 is 1.10. The van der Waals surface area contributed by atoms with Crippen LogP contribution in [-0.4, -0.2) is 41.9 Å². The fourth-order valence-corrected chi connectivity index (χ4v) is 2.78. The van der Waals surface area contributed by atoms with Gasteiger partial charge in [0.2, 0.25) is 0 Å². The second kappa shape index (κ2) is 4.11. The van der Waals surface area contributed by atoms with Crippen LogP contribution in [0.4, 0.5) is 0 Å². The lowest BCUT2D eigenvalue weighted by atomic mass is 9.83. The van der Waals surface area contributed by atoms with E-state index in [4.69, 9.17) is 0 Å². The molecule has 0 aliphatic carbocycles. The lowest BCUT2D eigenvalue weighted by molar-refractivity contribution is -0.941. The van der Waals surface area contributed by atoms with Crippen molar-refractivity contribution in [3.63, 3.8) is 0 Å². The monoisotopic (exact) mass is 247 g/mol. The molecule has 2 bridgehead atoms. The second-order valence-electron chi connectivity index (χ2n) is 4.35. The van der Waals surface area contributed by atoms with E-state index >= 15 is 0 Å². The maximum Gasteiger partial charge on any atom is 0.106 e. The molecule has 0 spiro atoms. The Hall–Kier alpha value is 0.140. The Morgan fingerprint density at radius 1 is 1.38 bits per heavy atom. The number of aliphatic hydroxyl groups excluding tert-OH is 1. The smallest absolute Gasteiger partial charge is 0.106 e. The van der Waals surface area contributed by atoms with E-state index in [-0.39, 0.29) is 23.1 Å². The summed E-state index contributed by atoms with van der Waals surface area (Å²) >= 11 is 0. The third kappa shape index (κ3) is 1.97. The average Bonchev–Trinajstić information content (AvgIpc) is 2.05. The summed E-state index contributed by atoms with van der Waals surface area (Å²) in [6.07, 6.45) is 4.40. The molecule has 1 N–H and O–H groups in total. The highest BCUT2D eigenvalue weighted by molar-refractivity contribution is 4.81. The van der Waals surface area contributed by atoms with Crippen molar-refractivity contribution in [2.45, 2.75) is 18.9 Å². The van der Waals surface area contributed by atoms with Crippen LogP contribution in [0.15, 0.2) is 12.7 Å². The van der Waals surface area contributed by atoms with E-state index in [9.17, 15) is 5.11 Å². The summed E-state index contributed by atoms with van der Waals surface area (Å²) in [7, 11) is 0. The van der Waals surface area contributed by atoms with Crippen molar-refractivity contribution < 1.29 is 26.6 Å². The van der Waals surface area contributed by atoms with E-state index in [0.717, 1.165) is 17.6 Å². The van der Waals surface area contributed by atoms with Gasteiger partial charge >= 0.3 is 0 Å². The number of nitrogens with zero attached hydrogens (tertiary/aromatic N) is 1. The minimum Gasteiger partial charge on any atom is -1.00 e. The minimum atomic E-state index is -0.0348. The van der Waals surface area contributed by atoms with Gasteiger partial charge in [-0.25, -0.2) is 0 Å². The fourth-order valence-electron chi connectivity index (χ4n) is 2.78. The Kier molecular flexibility index (Phi) is 3.55. The van der Waals surface area contributed by atoms with E-state index < -0.39 is 0 Å². The van der Waals surface area contributed by atoms with Crippen LogP contribution < -0.4 is 17.0 Å². The first-order valence-corrected chi connectivity index (χ1v) is 4.90. The van der Waals surface area contributed by atoms with Crippen molar-refractivity contribution in [3.05, 3.63) is 12.7 Å². The molecule has 0 radical (unpaired) electrons. The second-order valence-corrected chi connectivity index (χ2v) is 4.35. The van der Waals surface area contributed by atoms with Crippen LogP contribution in [-0.2, 0) is 0 Å². The molecule has 3 saturated heterocycles. The third-order valence-corrected chi connectivity index (χ3v) is 3.58. The molecule has 1 atom stereocenters. The quantitative estimate of drug-likeness (QED) is 0.433. The number of aliphatic hydroxyl groups is 1. The van der Waals surface area contributed by atoms with Crippen LogP contribution in [0.5, 0.6) is 0 Å². The Bertz CT molecular complexity index is 187. The van der Waals surface area contributed by atoms with Crippen molar-refractivity contribution in [1.29, 1.82) is 0 Å². The maximum atomic E-state index is 9.74. The highest BCUT2D eigenvalue weighted by atomic mass is 79.9. The maximum absolute atomic E-state index is 9.74. The van der Waals surface area contributed by atoms with Gasteiger partial charge < -0.3 is 26.6 Å². The molecule has 76 valence electrons. The summed E-state index contributed by atoms with van der Waals surface area (Å²) in [5.41, 5.74) is 0. The topological polar surface area (TPSA) is 20.2 Å². The predicted octanol–water partition coefficient (Wildman–Crippen LogP) is -2.22. The molecule has 3 aliphatic rings. The molecule has 3 rings (SSSR count).